The summed E-state index contributed by atoms with van der Waals surface area (Å²) in [7, 11) is 0. The van der Waals surface area contributed by atoms with Crippen LogP contribution in [0.15, 0.2) is 28.6 Å². The molecule has 1 heterocycles. The summed E-state index contributed by atoms with van der Waals surface area (Å²) in [5.41, 5.74) is 1.09. The van der Waals surface area contributed by atoms with E-state index in [-0.39, 0.29) is 5.91 Å². The van der Waals surface area contributed by atoms with E-state index in [1.165, 1.54) is 11.3 Å². The monoisotopic (exact) mass is 379 g/mol. The lowest BCUT2D eigenvalue weighted by molar-refractivity contribution is -0.122. The van der Waals surface area contributed by atoms with E-state index < -0.39 is 6.10 Å². The Bertz CT molecular complexity index is 701. The number of ether oxygens (including phenoxy) is 1. The molecule has 0 aliphatic rings. The highest BCUT2D eigenvalue weighted by Crippen LogP contribution is 2.28. The summed E-state index contributed by atoms with van der Waals surface area (Å²) in [6.07, 6.45) is -0.615. The third-order valence-electron chi connectivity index (χ3n) is 3.39. The van der Waals surface area contributed by atoms with E-state index in [9.17, 15) is 4.79 Å². The van der Waals surface area contributed by atoms with Crippen LogP contribution >= 0.6 is 23.1 Å². The molecule has 0 saturated heterocycles. The number of thioether (sulfide) groups is 1. The number of anilines is 1. The molecule has 0 spiro atoms. The van der Waals surface area contributed by atoms with E-state index in [0.29, 0.717) is 17.0 Å². The minimum absolute atomic E-state index is 0.227. The molecule has 0 saturated carbocycles. The van der Waals surface area contributed by atoms with Gasteiger partial charge in [-0.15, -0.1) is 10.2 Å². The highest BCUT2D eigenvalue weighted by atomic mass is 32.2. The molecule has 1 aromatic heterocycles. The fraction of sp³-hybridized carbons (Fsp3) is 0.500. The van der Waals surface area contributed by atoms with Crippen molar-refractivity contribution in [1.29, 1.82) is 0 Å². The third kappa shape index (κ3) is 6.01. The summed E-state index contributed by atoms with van der Waals surface area (Å²) < 4.78 is 6.73. The zero-order valence-corrected chi connectivity index (χ0v) is 16.9. The van der Waals surface area contributed by atoms with Crippen molar-refractivity contribution >= 4 is 34.1 Å². The van der Waals surface area contributed by atoms with E-state index in [0.717, 1.165) is 21.4 Å². The Morgan fingerprint density at radius 1 is 1.20 bits per heavy atom. The van der Waals surface area contributed by atoms with E-state index in [1.807, 2.05) is 24.3 Å². The number of benzene rings is 1. The molecule has 25 heavy (non-hydrogen) atoms. The average Bonchev–Trinajstić information content (AvgIpc) is 3.00. The summed E-state index contributed by atoms with van der Waals surface area (Å²) in [5.74, 6) is 2.41. The first kappa shape index (κ1) is 19.7. The predicted octanol–water partition coefficient (Wildman–Crippen LogP) is 4.82. The number of carbonyl (C=O) groups excluding carboxylic acids is 1. The van der Waals surface area contributed by atoms with Gasteiger partial charge in [0.15, 0.2) is 10.4 Å². The van der Waals surface area contributed by atoms with Gasteiger partial charge < -0.3 is 4.74 Å². The van der Waals surface area contributed by atoms with Crippen LogP contribution in [0, 0.1) is 5.92 Å². The average molecular weight is 380 g/mol. The van der Waals surface area contributed by atoms with Gasteiger partial charge in [0.1, 0.15) is 5.75 Å². The molecular formula is C18H25N3O2S2. The molecule has 1 N–H and O–H groups in total. The van der Waals surface area contributed by atoms with Crippen LogP contribution in [0.4, 0.5) is 5.13 Å². The number of amides is 1. The van der Waals surface area contributed by atoms with Crippen molar-refractivity contribution in [2.75, 3.05) is 11.1 Å². The first-order valence-electron chi connectivity index (χ1n) is 8.39. The zero-order valence-electron chi connectivity index (χ0n) is 15.3. The topological polar surface area (TPSA) is 64.1 Å². The van der Waals surface area contributed by atoms with Crippen LogP contribution < -0.4 is 10.1 Å². The van der Waals surface area contributed by atoms with Crippen molar-refractivity contribution in [2.24, 2.45) is 5.92 Å². The second kappa shape index (κ2) is 9.20. The Morgan fingerprint density at radius 2 is 1.92 bits per heavy atom. The van der Waals surface area contributed by atoms with Gasteiger partial charge in [0.2, 0.25) is 5.13 Å². The Morgan fingerprint density at radius 3 is 2.60 bits per heavy atom. The van der Waals surface area contributed by atoms with Gasteiger partial charge in [-0.2, -0.15) is 0 Å². The number of hydrogen-bond donors (Lipinski definition) is 1. The number of aromatic nitrogens is 2. The Labute approximate surface area is 157 Å². The van der Waals surface area contributed by atoms with E-state index in [2.05, 4.69) is 43.2 Å². The van der Waals surface area contributed by atoms with E-state index >= 15 is 0 Å². The summed E-state index contributed by atoms with van der Waals surface area (Å²) in [5, 5.41) is 11.4. The van der Waals surface area contributed by atoms with Gasteiger partial charge in [-0.05, 0) is 30.4 Å². The van der Waals surface area contributed by atoms with Crippen molar-refractivity contribution in [3.8, 4) is 5.75 Å². The summed E-state index contributed by atoms with van der Waals surface area (Å²) in [6.45, 7) is 10.3. The van der Waals surface area contributed by atoms with Crippen LogP contribution in [0.25, 0.3) is 0 Å². The predicted molar refractivity (Wildman–Crippen MR) is 105 cm³/mol. The van der Waals surface area contributed by atoms with Gasteiger partial charge >= 0.3 is 0 Å². The molecule has 2 rings (SSSR count). The van der Waals surface area contributed by atoms with Crippen molar-refractivity contribution < 1.29 is 9.53 Å². The van der Waals surface area contributed by atoms with Crippen molar-refractivity contribution in [1.82, 2.24) is 10.2 Å². The number of nitrogens with zero attached hydrogens (tertiary/aromatic N) is 2. The SMILES string of the molecule is CC(C)CSc1nnc(NC(=O)C(C)Oc2ccccc2C(C)C)s1. The van der Waals surface area contributed by atoms with Crippen LogP contribution in [0.2, 0.25) is 0 Å². The summed E-state index contributed by atoms with van der Waals surface area (Å²) in [4.78, 5) is 12.4. The molecule has 5 nitrogen and oxygen atoms in total. The maximum absolute atomic E-state index is 12.4. The second-order valence-electron chi connectivity index (χ2n) is 6.52. The molecule has 0 bridgehead atoms. The van der Waals surface area contributed by atoms with Crippen molar-refractivity contribution in [3.63, 3.8) is 0 Å². The van der Waals surface area contributed by atoms with E-state index in [4.69, 9.17) is 4.74 Å². The van der Waals surface area contributed by atoms with Crippen molar-refractivity contribution in [2.45, 2.75) is 51.0 Å². The number of nitrogens with one attached hydrogen (secondary N) is 1. The lowest BCUT2D eigenvalue weighted by Gasteiger charge is -2.18. The van der Waals surface area contributed by atoms with Gasteiger partial charge in [-0.1, -0.05) is 69.0 Å². The molecule has 0 fully saturated rings. The van der Waals surface area contributed by atoms with Gasteiger partial charge in [-0.3, -0.25) is 10.1 Å². The quantitative estimate of drug-likeness (QED) is 0.526. The normalized spacial score (nSPS) is 12.4. The summed E-state index contributed by atoms with van der Waals surface area (Å²) in [6, 6.07) is 7.80. The number of hydrogen-bond acceptors (Lipinski definition) is 6. The maximum atomic E-state index is 12.4. The molecule has 1 aromatic carbocycles. The van der Waals surface area contributed by atoms with Crippen LogP contribution in [0.5, 0.6) is 5.75 Å². The highest BCUT2D eigenvalue weighted by Gasteiger charge is 2.19. The molecule has 0 aliphatic heterocycles. The molecular weight excluding hydrogens is 354 g/mol. The van der Waals surface area contributed by atoms with Crippen LogP contribution in [0.3, 0.4) is 0 Å². The van der Waals surface area contributed by atoms with Crippen LogP contribution in [-0.4, -0.2) is 28.0 Å². The van der Waals surface area contributed by atoms with Crippen LogP contribution in [-0.2, 0) is 4.79 Å². The molecule has 0 radical (unpaired) electrons. The molecule has 1 atom stereocenters. The minimum atomic E-state index is -0.615. The molecule has 7 heteroatoms. The van der Waals surface area contributed by atoms with Crippen LogP contribution in [0.1, 0.15) is 46.1 Å². The Kier molecular flexibility index (Phi) is 7.25. The number of rotatable bonds is 8. The second-order valence-corrected chi connectivity index (χ2v) is 8.76. The Hall–Kier alpha value is -1.60. The zero-order chi connectivity index (χ0) is 18.4. The van der Waals surface area contributed by atoms with Gasteiger partial charge in [0, 0.05) is 5.75 Å². The molecule has 0 aliphatic carbocycles. The summed E-state index contributed by atoms with van der Waals surface area (Å²) >= 11 is 3.04. The Balaban J connectivity index is 1.95. The van der Waals surface area contributed by atoms with Crippen molar-refractivity contribution in [3.05, 3.63) is 29.8 Å². The molecule has 1 unspecified atom stereocenters. The minimum Gasteiger partial charge on any atom is -0.481 e. The molecule has 136 valence electrons. The first-order valence-corrected chi connectivity index (χ1v) is 10.2. The number of carbonyl (C=O) groups is 1. The van der Waals surface area contributed by atoms with E-state index in [1.54, 1.807) is 18.7 Å². The lowest BCUT2D eigenvalue weighted by atomic mass is 10.0. The molecule has 2 aromatic rings. The van der Waals surface area contributed by atoms with Gasteiger partial charge in [-0.25, -0.2) is 0 Å². The standard InChI is InChI=1S/C18H25N3O2S2/c1-11(2)10-24-18-21-20-17(25-18)19-16(22)13(5)23-15-9-7-6-8-14(15)12(3)4/h6-9,11-13H,10H2,1-5H3,(H,19,20,22). The fourth-order valence-corrected chi connectivity index (χ4v) is 3.80. The fourth-order valence-electron chi connectivity index (χ4n) is 2.07. The maximum Gasteiger partial charge on any atom is 0.266 e. The first-order chi connectivity index (χ1) is 11.9. The highest BCUT2D eigenvalue weighted by molar-refractivity contribution is 8.01. The van der Waals surface area contributed by atoms with Gasteiger partial charge in [0.05, 0.1) is 0 Å². The lowest BCUT2D eigenvalue weighted by Crippen LogP contribution is -2.30. The van der Waals surface area contributed by atoms with Gasteiger partial charge in [0.25, 0.3) is 5.91 Å². The molecule has 1 amide bonds. The largest absolute Gasteiger partial charge is 0.481 e. The number of para-hydroxylation sites is 1. The smallest absolute Gasteiger partial charge is 0.266 e. The third-order valence-corrected chi connectivity index (χ3v) is 5.79.